The van der Waals surface area contributed by atoms with Gasteiger partial charge >= 0.3 is 0 Å². The van der Waals surface area contributed by atoms with Crippen molar-refractivity contribution in [1.29, 1.82) is 0 Å². The Bertz CT molecular complexity index is 462. The zero-order chi connectivity index (χ0) is 12.9. The SMILES string of the molecule is CCC(COc1ccccc1F)CS(N)(=O)=O. The third kappa shape index (κ3) is 5.14. The van der Waals surface area contributed by atoms with E-state index in [1.165, 1.54) is 12.1 Å². The van der Waals surface area contributed by atoms with E-state index >= 15 is 0 Å². The van der Waals surface area contributed by atoms with Crippen LogP contribution in [0.4, 0.5) is 4.39 Å². The van der Waals surface area contributed by atoms with Crippen molar-refractivity contribution in [1.82, 2.24) is 0 Å². The van der Waals surface area contributed by atoms with Crippen LogP contribution < -0.4 is 9.88 Å². The molecule has 0 saturated carbocycles. The quantitative estimate of drug-likeness (QED) is 0.844. The first kappa shape index (κ1) is 13.9. The molecule has 1 rings (SSSR count). The summed E-state index contributed by atoms with van der Waals surface area (Å²) in [6.07, 6.45) is 0.602. The van der Waals surface area contributed by atoms with Gasteiger partial charge in [0, 0.05) is 5.92 Å². The molecule has 17 heavy (non-hydrogen) atoms. The minimum absolute atomic E-state index is 0.125. The number of primary sulfonamides is 1. The predicted molar refractivity (Wildman–Crippen MR) is 63.7 cm³/mol. The maximum Gasteiger partial charge on any atom is 0.209 e. The highest BCUT2D eigenvalue weighted by Gasteiger charge is 2.15. The number of para-hydroxylation sites is 1. The van der Waals surface area contributed by atoms with Crippen LogP contribution in [0.3, 0.4) is 0 Å². The molecule has 1 aromatic rings. The molecule has 4 nitrogen and oxygen atoms in total. The van der Waals surface area contributed by atoms with Crippen molar-refractivity contribution < 1.29 is 17.5 Å². The van der Waals surface area contributed by atoms with Crippen molar-refractivity contribution in [2.75, 3.05) is 12.4 Å². The first-order chi connectivity index (χ1) is 7.92. The lowest BCUT2D eigenvalue weighted by Crippen LogP contribution is -2.26. The third-order valence-electron chi connectivity index (χ3n) is 2.36. The number of hydrogen-bond acceptors (Lipinski definition) is 3. The summed E-state index contributed by atoms with van der Waals surface area (Å²) in [6.45, 7) is 1.97. The molecule has 6 heteroatoms. The largest absolute Gasteiger partial charge is 0.490 e. The average molecular weight is 261 g/mol. The minimum Gasteiger partial charge on any atom is -0.490 e. The normalized spacial score (nSPS) is 13.4. The van der Waals surface area contributed by atoms with Gasteiger partial charge < -0.3 is 4.74 Å². The van der Waals surface area contributed by atoms with Gasteiger partial charge in [-0.1, -0.05) is 19.1 Å². The second-order valence-corrected chi connectivity index (χ2v) is 5.50. The predicted octanol–water partition coefficient (Wildman–Crippen LogP) is 1.52. The summed E-state index contributed by atoms with van der Waals surface area (Å²) in [5, 5.41) is 4.95. The molecule has 0 aliphatic carbocycles. The van der Waals surface area contributed by atoms with Crippen molar-refractivity contribution in [2.24, 2.45) is 11.1 Å². The van der Waals surface area contributed by atoms with Crippen LogP contribution in [-0.2, 0) is 10.0 Å². The number of ether oxygens (including phenoxy) is 1. The fourth-order valence-electron chi connectivity index (χ4n) is 1.38. The van der Waals surface area contributed by atoms with E-state index in [0.717, 1.165) is 0 Å². The summed E-state index contributed by atoms with van der Waals surface area (Å²) in [6, 6.07) is 6.00. The van der Waals surface area contributed by atoms with Crippen molar-refractivity contribution in [3.05, 3.63) is 30.1 Å². The highest BCUT2D eigenvalue weighted by molar-refractivity contribution is 7.89. The first-order valence-corrected chi connectivity index (χ1v) is 7.01. The molecule has 1 atom stereocenters. The Morgan fingerprint density at radius 2 is 2.06 bits per heavy atom. The van der Waals surface area contributed by atoms with Crippen molar-refractivity contribution in [3.8, 4) is 5.75 Å². The molecule has 96 valence electrons. The van der Waals surface area contributed by atoms with Gasteiger partial charge in [-0.3, -0.25) is 0 Å². The van der Waals surface area contributed by atoms with Gasteiger partial charge in [0.15, 0.2) is 11.6 Å². The van der Waals surface area contributed by atoms with E-state index in [1.54, 1.807) is 12.1 Å². The molecule has 2 N–H and O–H groups in total. The minimum atomic E-state index is -3.52. The smallest absolute Gasteiger partial charge is 0.209 e. The first-order valence-electron chi connectivity index (χ1n) is 5.30. The van der Waals surface area contributed by atoms with Gasteiger partial charge in [-0.05, 0) is 18.6 Å². The number of nitrogens with two attached hydrogens (primary N) is 1. The van der Waals surface area contributed by atoms with E-state index in [4.69, 9.17) is 9.88 Å². The summed E-state index contributed by atoms with van der Waals surface area (Å²) in [4.78, 5) is 0. The second-order valence-electron chi connectivity index (χ2n) is 3.85. The number of halogens is 1. The summed E-state index contributed by atoms with van der Waals surface area (Å²) in [5.74, 6) is -0.722. The molecular formula is C11H16FNO3S. The van der Waals surface area contributed by atoms with Crippen molar-refractivity contribution in [2.45, 2.75) is 13.3 Å². The van der Waals surface area contributed by atoms with Gasteiger partial charge in [-0.2, -0.15) is 0 Å². The molecule has 0 aliphatic heterocycles. The Morgan fingerprint density at radius 3 is 2.59 bits per heavy atom. The van der Waals surface area contributed by atoms with Crippen molar-refractivity contribution in [3.63, 3.8) is 0 Å². The zero-order valence-corrected chi connectivity index (χ0v) is 10.4. The van der Waals surface area contributed by atoms with Gasteiger partial charge in [-0.25, -0.2) is 17.9 Å². The Hall–Kier alpha value is -1.14. The summed E-state index contributed by atoms with van der Waals surface area (Å²) in [5.41, 5.74) is 0. The Kier molecular flexibility index (Phi) is 4.89. The molecule has 0 aliphatic rings. The Balaban J connectivity index is 2.57. The molecule has 0 fully saturated rings. The van der Waals surface area contributed by atoms with E-state index < -0.39 is 15.8 Å². The molecule has 0 bridgehead atoms. The van der Waals surface area contributed by atoms with E-state index in [-0.39, 0.29) is 24.0 Å². The third-order valence-corrected chi connectivity index (χ3v) is 3.29. The summed E-state index contributed by atoms with van der Waals surface area (Å²) >= 11 is 0. The number of sulfonamides is 1. The Morgan fingerprint density at radius 1 is 1.41 bits per heavy atom. The van der Waals surface area contributed by atoms with Gasteiger partial charge in [0.2, 0.25) is 10.0 Å². The number of benzene rings is 1. The van der Waals surface area contributed by atoms with Crippen molar-refractivity contribution >= 4 is 10.0 Å². The van der Waals surface area contributed by atoms with Crippen LogP contribution in [0.1, 0.15) is 13.3 Å². The lowest BCUT2D eigenvalue weighted by molar-refractivity contribution is 0.247. The number of rotatable bonds is 6. The van der Waals surface area contributed by atoms with Crippen LogP contribution >= 0.6 is 0 Å². The fourth-order valence-corrected chi connectivity index (χ4v) is 2.37. The zero-order valence-electron chi connectivity index (χ0n) is 9.60. The maximum atomic E-state index is 13.2. The Labute approximate surface area is 101 Å². The van der Waals surface area contributed by atoms with E-state index in [2.05, 4.69) is 0 Å². The van der Waals surface area contributed by atoms with E-state index in [1.807, 2.05) is 6.92 Å². The maximum absolute atomic E-state index is 13.2. The van der Waals surface area contributed by atoms with Gasteiger partial charge in [0.25, 0.3) is 0 Å². The highest BCUT2D eigenvalue weighted by Crippen LogP contribution is 2.17. The van der Waals surface area contributed by atoms with Crippen LogP contribution in [0.5, 0.6) is 5.75 Å². The molecule has 0 radical (unpaired) electrons. The second kappa shape index (κ2) is 5.97. The van der Waals surface area contributed by atoms with Gasteiger partial charge in [-0.15, -0.1) is 0 Å². The molecule has 0 aromatic heterocycles. The number of hydrogen-bond donors (Lipinski definition) is 1. The summed E-state index contributed by atoms with van der Waals surface area (Å²) < 4.78 is 40.3. The molecule has 0 heterocycles. The van der Waals surface area contributed by atoms with E-state index in [0.29, 0.717) is 6.42 Å². The topological polar surface area (TPSA) is 69.4 Å². The van der Waals surface area contributed by atoms with Gasteiger partial charge in [0.05, 0.1) is 12.4 Å². The molecule has 1 aromatic carbocycles. The standard InChI is InChI=1S/C11H16FNO3S/c1-2-9(8-17(13,14)15)7-16-11-6-4-3-5-10(11)12/h3-6,9H,2,7-8H2,1H3,(H2,13,14,15). The monoisotopic (exact) mass is 261 g/mol. The molecule has 0 spiro atoms. The lowest BCUT2D eigenvalue weighted by Gasteiger charge is -2.14. The summed E-state index contributed by atoms with van der Waals surface area (Å²) in [7, 11) is -3.52. The molecule has 1 unspecified atom stereocenters. The van der Waals surface area contributed by atoms with Crippen LogP contribution in [0.15, 0.2) is 24.3 Å². The average Bonchev–Trinajstić information content (AvgIpc) is 2.24. The van der Waals surface area contributed by atoms with E-state index in [9.17, 15) is 12.8 Å². The molecule has 0 amide bonds. The van der Waals surface area contributed by atoms with Crippen LogP contribution in [0, 0.1) is 11.7 Å². The van der Waals surface area contributed by atoms with Gasteiger partial charge in [0.1, 0.15) is 0 Å². The molecular weight excluding hydrogens is 245 g/mol. The molecule has 0 saturated heterocycles. The van der Waals surface area contributed by atoms with Crippen LogP contribution in [-0.4, -0.2) is 20.8 Å². The fraction of sp³-hybridized carbons (Fsp3) is 0.455. The highest BCUT2D eigenvalue weighted by atomic mass is 32.2. The lowest BCUT2D eigenvalue weighted by atomic mass is 10.1. The van der Waals surface area contributed by atoms with Crippen LogP contribution in [0.2, 0.25) is 0 Å². The van der Waals surface area contributed by atoms with Crippen LogP contribution in [0.25, 0.3) is 0 Å².